The molecule has 0 radical (unpaired) electrons. The molecule has 0 saturated heterocycles. The first-order valence-electron chi connectivity index (χ1n) is 33.0. The largest absolute Gasteiger partial charge is 0.756 e. The second-order valence-electron chi connectivity index (χ2n) is 23.8. The molecule has 3 unspecified atom stereocenters. The molecule has 0 aromatic rings. The Balaban J connectivity index is 4.15. The molecule has 8 nitrogen and oxygen atoms in total. The van der Waals surface area contributed by atoms with Gasteiger partial charge >= 0.3 is 0 Å². The van der Waals surface area contributed by atoms with Crippen LogP contribution in [-0.4, -0.2) is 68.5 Å². The summed E-state index contributed by atoms with van der Waals surface area (Å²) in [5, 5.41) is 13.9. The number of hydrogen-bond acceptors (Lipinski definition) is 6. The summed E-state index contributed by atoms with van der Waals surface area (Å²) in [7, 11) is 1.25. The number of phosphoric ester groups is 1. The Morgan fingerprint density at radius 3 is 1.14 bits per heavy atom. The number of rotatable bonds is 61. The van der Waals surface area contributed by atoms with E-state index in [9.17, 15) is 19.4 Å². The van der Waals surface area contributed by atoms with Gasteiger partial charge in [-0.05, 0) is 64.2 Å². The van der Waals surface area contributed by atoms with Gasteiger partial charge in [-0.2, -0.15) is 0 Å². The van der Waals surface area contributed by atoms with Crippen molar-refractivity contribution in [2.45, 2.75) is 334 Å². The summed E-state index contributed by atoms with van der Waals surface area (Å²) in [4.78, 5) is 25.6. The van der Waals surface area contributed by atoms with Gasteiger partial charge in [0.15, 0.2) is 0 Å². The van der Waals surface area contributed by atoms with Gasteiger partial charge in [0, 0.05) is 6.42 Å². The molecule has 0 saturated carbocycles. The lowest BCUT2D eigenvalue weighted by molar-refractivity contribution is -0.870. The molecule has 0 heterocycles. The smallest absolute Gasteiger partial charge is 0.268 e. The Labute approximate surface area is 473 Å². The molecule has 0 aromatic heterocycles. The van der Waals surface area contributed by atoms with Crippen LogP contribution in [0.5, 0.6) is 0 Å². The lowest BCUT2D eigenvalue weighted by Gasteiger charge is -2.29. The van der Waals surface area contributed by atoms with E-state index in [1.165, 1.54) is 257 Å². The van der Waals surface area contributed by atoms with E-state index in [1.54, 1.807) is 6.08 Å². The van der Waals surface area contributed by atoms with Crippen LogP contribution < -0.4 is 10.2 Å². The topological polar surface area (TPSA) is 108 Å². The number of phosphoric acid groups is 1. The first-order valence-corrected chi connectivity index (χ1v) is 34.5. The van der Waals surface area contributed by atoms with E-state index in [0.29, 0.717) is 17.4 Å². The number of unbranched alkanes of at least 4 members (excludes halogenated alkanes) is 42. The lowest BCUT2D eigenvalue weighted by Crippen LogP contribution is -2.45. The Bertz CT molecular complexity index is 1380. The van der Waals surface area contributed by atoms with Gasteiger partial charge in [0.2, 0.25) is 5.91 Å². The zero-order valence-electron chi connectivity index (χ0n) is 51.2. The number of carbonyl (C=O) groups excluding carboxylic acids is 1. The van der Waals surface area contributed by atoms with Crippen LogP contribution in [0.3, 0.4) is 0 Å². The highest BCUT2D eigenvalue weighted by atomic mass is 31.2. The average Bonchev–Trinajstić information content (AvgIpc) is 3.38. The minimum Gasteiger partial charge on any atom is -0.756 e. The second kappa shape index (κ2) is 58.1. The van der Waals surface area contributed by atoms with Crippen molar-refractivity contribution in [1.29, 1.82) is 0 Å². The number of aliphatic hydroxyl groups is 1. The van der Waals surface area contributed by atoms with Crippen LogP contribution in [0, 0.1) is 0 Å². The van der Waals surface area contributed by atoms with E-state index in [2.05, 4.69) is 55.6 Å². The molecule has 2 N–H and O–H groups in total. The standard InChI is InChI=1S/C67H129N2O6P/c1-6-8-10-12-14-16-18-20-22-24-26-28-30-32-33-34-35-37-38-40-42-44-46-48-50-52-54-56-58-60-66(70)65(64-75-76(72,73)74-63-62-69(3,4)5)68-67(71)61-59-57-55-53-51-49-47-45-43-41-39-36-31-29-27-25-23-21-19-17-15-13-11-9-7-2/h19,21,25,27,50,52,58,60,65-66,70H,6-18,20,22-24,26,28-49,51,53-57,59,61-64H2,1-5H3,(H-,68,71,72,73)/b21-19-,27-25-,52-50+,60-58+. The van der Waals surface area contributed by atoms with Crippen LogP contribution in [0.25, 0.3) is 0 Å². The minimum absolute atomic E-state index is 0.00645. The second-order valence-corrected chi connectivity index (χ2v) is 25.2. The van der Waals surface area contributed by atoms with Gasteiger partial charge in [-0.25, -0.2) is 0 Å². The predicted octanol–water partition coefficient (Wildman–Crippen LogP) is 20.0. The van der Waals surface area contributed by atoms with Gasteiger partial charge in [-0.1, -0.05) is 300 Å². The molecule has 0 fully saturated rings. The van der Waals surface area contributed by atoms with Crippen LogP contribution in [0.15, 0.2) is 48.6 Å². The van der Waals surface area contributed by atoms with E-state index in [4.69, 9.17) is 9.05 Å². The molecule has 9 heteroatoms. The summed E-state index contributed by atoms with van der Waals surface area (Å²) in [6.07, 6.45) is 77.9. The van der Waals surface area contributed by atoms with Crippen molar-refractivity contribution in [2.24, 2.45) is 0 Å². The first kappa shape index (κ1) is 74.5. The predicted molar refractivity (Wildman–Crippen MR) is 330 cm³/mol. The molecule has 76 heavy (non-hydrogen) atoms. The van der Waals surface area contributed by atoms with Gasteiger partial charge in [-0.15, -0.1) is 0 Å². The summed E-state index contributed by atoms with van der Waals surface area (Å²) >= 11 is 0. The normalized spacial score (nSPS) is 14.0. The molecule has 3 atom stereocenters. The Hall–Kier alpha value is -1.54. The van der Waals surface area contributed by atoms with E-state index in [0.717, 1.165) is 44.9 Å². The van der Waals surface area contributed by atoms with Crippen LogP contribution in [0.1, 0.15) is 322 Å². The molecule has 0 aliphatic heterocycles. The fourth-order valence-corrected chi connectivity index (χ4v) is 10.6. The quantitative estimate of drug-likeness (QED) is 0.0272. The molecule has 0 rings (SSSR count). The molecule has 0 aliphatic carbocycles. The fraction of sp³-hybridized carbons (Fsp3) is 0.866. The molecule has 448 valence electrons. The Morgan fingerprint density at radius 2 is 0.776 bits per heavy atom. The van der Waals surface area contributed by atoms with Crippen molar-refractivity contribution in [3.05, 3.63) is 48.6 Å². The number of amides is 1. The molecule has 1 amide bonds. The summed E-state index contributed by atoms with van der Waals surface area (Å²) in [6.45, 7) is 4.66. The van der Waals surface area contributed by atoms with E-state index in [1.807, 2.05) is 27.2 Å². The monoisotopic (exact) mass is 1090 g/mol. The number of carbonyl (C=O) groups is 1. The van der Waals surface area contributed by atoms with Crippen molar-refractivity contribution in [1.82, 2.24) is 5.32 Å². The molecular formula is C67H129N2O6P. The van der Waals surface area contributed by atoms with Gasteiger partial charge in [0.05, 0.1) is 39.9 Å². The minimum atomic E-state index is -4.61. The zero-order chi connectivity index (χ0) is 55.6. The maximum absolute atomic E-state index is 13.0. The molecule has 0 bridgehead atoms. The van der Waals surface area contributed by atoms with Crippen LogP contribution >= 0.6 is 7.82 Å². The van der Waals surface area contributed by atoms with Crippen molar-refractivity contribution in [2.75, 3.05) is 40.9 Å². The number of quaternary nitrogens is 1. The third-order valence-electron chi connectivity index (χ3n) is 15.0. The average molecular weight is 1090 g/mol. The highest BCUT2D eigenvalue weighted by molar-refractivity contribution is 7.45. The van der Waals surface area contributed by atoms with Crippen LogP contribution in [0.2, 0.25) is 0 Å². The maximum Gasteiger partial charge on any atom is 0.268 e. The van der Waals surface area contributed by atoms with Gasteiger partial charge in [0.1, 0.15) is 13.2 Å². The van der Waals surface area contributed by atoms with Gasteiger partial charge in [-0.3, -0.25) is 9.36 Å². The number of nitrogens with zero attached hydrogens (tertiary/aromatic N) is 1. The molecular weight excluding hydrogens is 960 g/mol. The first-order chi connectivity index (χ1) is 37.0. The molecule has 0 aromatic carbocycles. The summed E-state index contributed by atoms with van der Waals surface area (Å²) in [5.41, 5.74) is 0. The SMILES string of the molecule is CCCCCCC/C=C\C/C=C\CCCCCCCCCCCCCCCC(=O)NC(COP(=O)([O-])OCC[N+](C)(C)C)C(O)/C=C/CC/C=C/CCCCCCCCCCCCCCCCCCCCCCCCC. The van der Waals surface area contributed by atoms with E-state index in [-0.39, 0.29) is 12.5 Å². The van der Waals surface area contributed by atoms with Gasteiger partial charge < -0.3 is 28.8 Å². The lowest BCUT2D eigenvalue weighted by atomic mass is 10.0. The van der Waals surface area contributed by atoms with Gasteiger partial charge in [0.25, 0.3) is 7.82 Å². The summed E-state index contributed by atoms with van der Waals surface area (Å²) < 4.78 is 23.4. The maximum atomic E-state index is 13.0. The van der Waals surface area contributed by atoms with Crippen LogP contribution in [0.4, 0.5) is 0 Å². The highest BCUT2D eigenvalue weighted by Crippen LogP contribution is 2.38. The molecule has 0 spiro atoms. The highest BCUT2D eigenvalue weighted by Gasteiger charge is 2.23. The number of likely N-dealkylation sites (N-methyl/N-ethyl adjacent to an activating group) is 1. The Kier molecular flexibility index (Phi) is 56.9. The fourth-order valence-electron chi connectivity index (χ4n) is 9.85. The van der Waals surface area contributed by atoms with E-state index < -0.39 is 26.6 Å². The van der Waals surface area contributed by atoms with Crippen molar-refractivity contribution >= 4 is 13.7 Å². The number of nitrogens with one attached hydrogen (secondary N) is 1. The number of hydrogen-bond donors (Lipinski definition) is 2. The van der Waals surface area contributed by atoms with Crippen molar-refractivity contribution in [3.8, 4) is 0 Å². The summed E-state index contributed by atoms with van der Waals surface area (Å²) in [5.74, 6) is -0.204. The van der Waals surface area contributed by atoms with Crippen molar-refractivity contribution in [3.63, 3.8) is 0 Å². The van der Waals surface area contributed by atoms with Crippen molar-refractivity contribution < 1.29 is 32.9 Å². The van der Waals surface area contributed by atoms with E-state index >= 15 is 0 Å². The third kappa shape index (κ3) is 60.1. The number of aliphatic hydroxyl groups excluding tert-OH is 1. The molecule has 0 aliphatic rings. The number of allylic oxidation sites excluding steroid dienone is 7. The Morgan fingerprint density at radius 1 is 0.461 bits per heavy atom. The summed E-state index contributed by atoms with van der Waals surface area (Å²) in [6, 6.07) is -0.906. The zero-order valence-corrected chi connectivity index (χ0v) is 52.1. The van der Waals surface area contributed by atoms with Crippen LogP contribution in [-0.2, 0) is 18.4 Å². The third-order valence-corrected chi connectivity index (χ3v) is 16.0.